The van der Waals surface area contributed by atoms with Crippen LogP contribution < -0.4 is 21.2 Å². The molecule has 2 aliphatic heterocycles. The van der Waals surface area contributed by atoms with Crippen LogP contribution in [0.2, 0.25) is 0 Å². The molecule has 6 nitrogen and oxygen atoms in total. The molecular weight excluding hydrogens is 400 g/mol. The topological polar surface area (TPSA) is 79.6 Å². The maximum Gasteiger partial charge on any atom is 0.269 e. The molecule has 2 heterocycles. The van der Waals surface area contributed by atoms with Gasteiger partial charge < -0.3 is 15.4 Å². The number of nitrogens with one attached hydrogen (secondary N) is 2. The normalized spacial score (nSPS) is 15.2. The zero-order valence-corrected chi connectivity index (χ0v) is 18.9. The summed E-state index contributed by atoms with van der Waals surface area (Å²) in [6.07, 6.45) is 0. The van der Waals surface area contributed by atoms with Gasteiger partial charge in [0, 0.05) is 58.9 Å². The fraction of sp³-hybridized carbons (Fsp3) is 0.269. The van der Waals surface area contributed by atoms with Gasteiger partial charge in [-0.15, -0.1) is 0 Å². The molecule has 0 fully saturated rings. The summed E-state index contributed by atoms with van der Waals surface area (Å²) in [5, 5.41) is 8.19. The Kier molecular flexibility index (Phi) is 4.64. The average molecular weight is 429 g/mol. The minimum Gasteiger partial charge on any atom is -0.456 e. The summed E-state index contributed by atoms with van der Waals surface area (Å²) in [7, 11) is 0. The maximum atomic E-state index is 13.3. The average Bonchev–Trinajstić information content (AvgIpc) is 3.00. The molecule has 6 heteroatoms. The maximum absolute atomic E-state index is 13.3. The van der Waals surface area contributed by atoms with Crippen LogP contribution in [0.3, 0.4) is 0 Å². The molecule has 0 bridgehead atoms. The van der Waals surface area contributed by atoms with Crippen molar-refractivity contribution in [1.29, 1.82) is 0 Å². The second kappa shape index (κ2) is 7.28. The molecule has 0 saturated heterocycles. The van der Waals surface area contributed by atoms with Crippen LogP contribution in [0.5, 0.6) is 11.5 Å². The first kappa shape index (κ1) is 20.4. The fourth-order valence-corrected chi connectivity index (χ4v) is 5.08. The van der Waals surface area contributed by atoms with E-state index < -0.39 is 5.54 Å². The number of hydrogen-bond acceptors (Lipinski definition) is 5. The Morgan fingerprint density at radius 2 is 1.41 bits per heavy atom. The molecule has 0 aromatic heterocycles. The van der Waals surface area contributed by atoms with E-state index in [9.17, 15) is 4.79 Å². The highest BCUT2D eigenvalue weighted by molar-refractivity contribution is 6.02. The Balaban J connectivity index is 1.88. The number of ether oxygens (including phenoxy) is 1. The van der Waals surface area contributed by atoms with E-state index in [-0.39, 0.29) is 5.91 Å². The molecule has 3 aromatic carbocycles. The molecule has 0 saturated carbocycles. The van der Waals surface area contributed by atoms with E-state index in [1.54, 1.807) is 0 Å². The second-order valence-corrected chi connectivity index (χ2v) is 8.42. The molecule has 1 amide bonds. The summed E-state index contributed by atoms with van der Waals surface area (Å²) < 4.78 is 6.47. The molecule has 4 N–H and O–H groups in total. The predicted octanol–water partition coefficient (Wildman–Crippen LogP) is 4.89. The van der Waals surface area contributed by atoms with Gasteiger partial charge in [-0.2, -0.15) is 0 Å². The fourth-order valence-electron chi connectivity index (χ4n) is 5.08. The van der Waals surface area contributed by atoms with Gasteiger partial charge in [0.1, 0.15) is 17.0 Å². The first-order valence-corrected chi connectivity index (χ1v) is 11.1. The Hall–Kier alpha value is -3.51. The third kappa shape index (κ3) is 2.59. The van der Waals surface area contributed by atoms with Gasteiger partial charge in [-0.25, -0.2) is 5.84 Å². The second-order valence-electron chi connectivity index (χ2n) is 8.42. The van der Waals surface area contributed by atoms with Gasteiger partial charge in [0.15, 0.2) is 0 Å². The predicted molar refractivity (Wildman–Crippen MR) is 127 cm³/mol. The van der Waals surface area contributed by atoms with Crippen LogP contribution in [-0.4, -0.2) is 24.0 Å². The monoisotopic (exact) mass is 428 g/mol. The number of benzene rings is 3. The number of nitrogens with zero attached hydrogens (tertiary/aromatic N) is 1. The number of carbonyl (C=O) groups is 1. The third-order valence-electron chi connectivity index (χ3n) is 6.51. The van der Waals surface area contributed by atoms with Gasteiger partial charge in [-0.3, -0.25) is 9.80 Å². The summed E-state index contributed by atoms with van der Waals surface area (Å²) in [5.74, 6) is 7.86. The SMILES string of the molecule is CCNc1cc2c(cc1C)C1(c3cc(C)c(NCC)cc3O2)c2ccccc2C(=O)N1N. The van der Waals surface area contributed by atoms with Crippen LogP contribution in [-0.2, 0) is 5.54 Å². The van der Waals surface area contributed by atoms with E-state index >= 15 is 0 Å². The van der Waals surface area contributed by atoms with Crippen LogP contribution in [0.15, 0.2) is 48.5 Å². The molecule has 1 spiro atoms. The van der Waals surface area contributed by atoms with Gasteiger partial charge in [0.2, 0.25) is 0 Å². The summed E-state index contributed by atoms with van der Waals surface area (Å²) in [4.78, 5) is 13.3. The van der Waals surface area contributed by atoms with E-state index in [1.165, 1.54) is 5.01 Å². The van der Waals surface area contributed by atoms with Gasteiger partial charge >= 0.3 is 0 Å². The molecule has 0 radical (unpaired) electrons. The van der Waals surface area contributed by atoms with Gasteiger partial charge in [-0.1, -0.05) is 18.2 Å². The Morgan fingerprint density at radius 3 is 1.94 bits per heavy atom. The molecule has 0 atom stereocenters. The first-order chi connectivity index (χ1) is 15.4. The van der Waals surface area contributed by atoms with Crippen molar-refractivity contribution < 1.29 is 9.53 Å². The lowest BCUT2D eigenvalue weighted by atomic mass is 9.74. The minimum atomic E-state index is -0.957. The molecular formula is C26H28N4O2. The number of hydrogen-bond donors (Lipinski definition) is 3. The molecule has 32 heavy (non-hydrogen) atoms. The molecule has 164 valence electrons. The van der Waals surface area contributed by atoms with E-state index in [0.717, 1.165) is 52.3 Å². The third-order valence-corrected chi connectivity index (χ3v) is 6.51. The summed E-state index contributed by atoms with van der Waals surface area (Å²) in [5.41, 5.74) is 6.45. The van der Waals surface area contributed by atoms with Crippen LogP contribution >= 0.6 is 0 Å². The Labute approximate surface area is 188 Å². The zero-order chi connectivity index (χ0) is 22.6. The summed E-state index contributed by atoms with van der Waals surface area (Å²) in [6.45, 7) is 9.85. The molecule has 2 aliphatic rings. The number of hydrazine groups is 1. The molecule has 3 aromatic rings. The number of fused-ring (bicyclic) bond motifs is 6. The summed E-state index contributed by atoms with van der Waals surface area (Å²) >= 11 is 0. The number of carbonyl (C=O) groups excluding carboxylic acids is 1. The van der Waals surface area contributed by atoms with Crippen molar-refractivity contribution in [3.8, 4) is 11.5 Å². The Morgan fingerprint density at radius 1 is 0.875 bits per heavy atom. The van der Waals surface area contributed by atoms with Crippen molar-refractivity contribution in [2.75, 3.05) is 23.7 Å². The van der Waals surface area contributed by atoms with Crippen LogP contribution in [0.4, 0.5) is 11.4 Å². The van der Waals surface area contributed by atoms with Crippen molar-refractivity contribution >= 4 is 17.3 Å². The molecule has 0 unspecified atom stereocenters. The minimum absolute atomic E-state index is 0.193. The van der Waals surface area contributed by atoms with Gasteiger partial charge in [0.25, 0.3) is 5.91 Å². The number of nitrogens with two attached hydrogens (primary N) is 1. The van der Waals surface area contributed by atoms with Crippen molar-refractivity contribution in [1.82, 2.24) is 5.01 Å². The number of amides is 1. The smallest absolute Gasteiger partial charge is 0.269 e. The van der Waals surface area contributed by atoms with Gasteiger partial charge in [0.05, 0.1) is 0 Å². The van der Waals surface area contributed by atoms with E-state index in [2.05, 4.69) is 50.5 Å². The molecule has 0 aliphatic carbocycles. The van der Waals surface area contributed by atoms with Crippen LogP contribution in [0.1, 0.15) is 52.0 Å². The standard InChI is InChI=1S/C26H28N4O2/c1-5-28-21-13-23-19(11-15(21)3)26(18-10-8-7-9-17(18)25(31)30(26)27)20-12-16(4)22(29-6-2)14-24(20)32-23/h7-14,28-29H,5-6,27H2,1-4H3. The number of aryl methyl sites for hydroxylation is 2. The lowest BCUT2D eigenvalue weighted by Crippen LogP contribution is -2.51. The lowest BCUT2D eigenvalue weighted by molar-refractivity contribution is 0.0665. The van der Waals surface area contributed by atoms with Crippen LogP contribution in [0.25, 0.3) is 0 Å². The zero-order valence-electron chi connectivity index (χ0n) is 18.9. The lowest BCUT2D eigenvalue weighted by Gasteiger charge is -2.42. The largest absolute Gasteiger partial charge is 0.456 e. The number of rotatable bonds is 4. The van der Waals surface area contributed by atoms with E-state index in [4.69, 9.17) is 10.6 Å². The van der Waals surface area contributed by atoms with Gasteiger partial charge in [-0.05, 0) is 57.0 Å². The van der Waals surface area contributed by atoms with E-state index in [1.807, 2.05) is 36.4 Å². The number of anilines is 2. The highest BCUT2D eigenvalue weighted by Gasteiger charge is 2.56. The first-order valence-electron chi connectivity index (χ1n) is 11.1. The quantitative estimate of drug-likeness (QED) is 0.407. The van der Waals surface area contributed by atoms with Crippen molar-refractivity contribution in [3.05, 3.63) is 81.9 Å². The van der Waals surface area contributed by atoms with Crippen molar-refractivity contribution in [2.24, 2.45) is 5.84 Å². The van der Waals surface area contributed by atoms with Crippen LogP contribution in [0, 0.1) is 13.8 Å². The summed E-state index contributed by atoms with van der Waals surface area (Å²) in [6, 6.07) is 15.9. The Bertz CT molecular complexity index is 1190. The van der Waals surface area contributed by atoms with Crippen molar-refractivity contribution in [2.45, 2.75) is 33.2 Å². The highest BCUT2D eigenvalue weighted by Crippen LogP contribution is 2.57. The van der Waals surface area contributed by atoms with Crippen molar-refractivity contribution in [3.63, 3.8) is 0 Å². The van der Waals surface area contributed by atoms with E-state index in [0.29, 0.717) is 17.1 Å². The highest BCUT2D eigenvalue weighted by atomic mass is 16.5. The molecule has 5 rings (SSSR count).